The molecule has 0 amide bonds. The Morgan fingerprint density at radius 3 is 1.36 bits per heavy atom. The smallest absolute Gasteiger partial charge is 0.167 e. The summed E-state index contributed by atoms with van der Waals surface area (Å²) >= 11 is 11.0. The van der Waals surface area contributed by atoms with Crippen molar-refractivity contribution in [3.8, 4) is 0 Å². The normalized spacial score (nSPS) is 21.1. The van der Waals surface area contributed by atoms with E-state index in [0.29, 0.717) is 22.9 Å². The van der Waals surface area contributed by atoms with Gasteiger partial charge in [-0.05, 0) is 37.3 Å². The van der Waals surface area contributed by atoms with Crippen LogP contribution in [0.15, 0.2) is 0 Å². The van der Waals surface area contributed by atoms with Gasteiger partial charge in [0.05, 0.1) is 13.2 Å². The van der Waals surface area contributed by atoms with Gasteiger partial charge in [-0.3, -0.25) is 0 Å². The topological polar surface area (TPSA) is 68.2 Å². The lowest BCUT2D eigenvalue weighted by Crippen LogP contribution is -2.57. The van der Waals surface area contributed by atoms with Gasteiger partial charge in [0.15, 0.2) is 22.3 Å². The van der Waals surface area contributed by atoms with Crippen LogP contribution < -0.4 is 0 Å². The molecule has 1 saturated heterocycles. The fourth-order valence-corrected chi connectivity index (χ4v) is 5.73. The molecule has 0 bridgehead atoms. The maximum absolute atomic E-state index is 10.6. The lowest BCUT2D eigenvalue weighted by atomic mass is 9.99. The zero-order valence-electron chi connectivity index (χ0n) is 25.2. The second-order valence-electron chi connectivity index (χ2n) is 11.4. The molecule has 1 fully saturated rings. The minimum absolute atomic E-state index is 0.0851. The number of unbranched alkanes of at least 4 members (excludes halogenated alkanes) is 18. The number of aliphatic hydroxyl groups excluding tert-OH is 2. The summed E-state index contributed by atoms with van der Waals surface area (Å²) in [6.07, 6.45) is 23.9. The van der Waals surface area contributed by atoms with Crippen LogP contribution in [-0.4, -0.2) is 57.9 Å². The molecule has 1 rings (SSSR count). The van der Waals surface area contributed by atoms with Crippen LogP contribution in [0.1, 0.15) is 155 Å². The van der Waals surface area contributed by atoms with E-state index in [-0.39, 0.29) is 13.2 Å². The van der Waals surface area contributed by atoms with E-state index in [0.717, 1.165) is 25.7 Å². The van der Waals surface area contributed by atoms with E-state index in [1.54, 1.807) is 0 Å². The van der Waals surface area contributed by atoms with Crippen molar-refractivity contribution < 1.29 is 24.4 Å². The van der Waals surface area contributed by atoms with E-state index in [9.17, 15) is 10.2 Å². The molecule has 0 saturated carbocycles. The first-order chi connectivity index (χ1) is 19.0. The average Bonchev–Trinajstić information content (AvgIpc) is 2.93. The number of aliphatic hydroxyl groups is 2. The first-order valence-electron chi connectivity index (χ1n) is 16.3. The molecule has 1 heterocycles. The molecule has 1 aliphatic rings. The first-order valence-corrected chi connectivity index (χ1v) is 17.1. The third-order valence-electron chi connectivity index (χ3n) is 7.73. The summed E-state index contributed by atoms with van der Waals surface area (Å²) in [7, 11) is 0. The van der Waals surface area contributed by atoms with Crippen molar-refractivity contribution in [3.63, 3.8) is 0 Å². The number of thiocarbonyl (C=S) groups is 2. The second kappa shape index (κ2) is 25.4. The van der Waals surface area contributed by atoms with Gasteiger partial charge in [-0.1, -0.05) is 129 Å². The third kappa shape index (κ3) is 18.7. The standard InChI is InChI=1S/C32H60O5S2/c1-3-5-7-9-11-13-15-17-19-21-23-29(38)36-31-27(34)26-35-28(25-33)32(31)37-30(39)24-22-20-18-16-14-12-10-8-6-4-2/h27-28,31-34H,3-26H2,1-2H3/t27-,28+,31+,32+/m0/s1. The molecule has 0 aliphatic carbocycles. The van der Waals surface area contributed by atoms with Crippen molar-refractivity contribution in [2.45, 2.75) is 180 Å². The summed E-state index contributed by atoms with van der Waals surface area (Å²) < 4.78 is 17.7. The third-order valence-corrected chi connectivity index (χ3v) is 8.34. The Kier molecular flexibility index (Phi) is 23.9. The van der Waals surface area contributed by atoms with Crippen LogP contribution in [0.5, 0.6) is 0 Å². The molecule has 1 aliphatic heterocycles. The highest BCUT2D eigenvalue weighted by molar-refractivity contribution is 7.80. The Bertz CT molecular complexity index is 603. The van der Waals surface area contributed by atoms with Crippen LogP contribution in [0.25, 0.3) is 0 Å². The van der Waals surface area contributed by atoms with E-state index >= 15 is 0 Å². The zero-order valence-corrected chi connectivity index (χ0v) is 26.8. The van der Waals surface area contributed by atoms with Gasteiger partial charge < -0.3 is 24.4 Å². The predicted octanol–water partition coefficient (Wildman–Crippen LogP) is 8.79. The second-order valence-corrected chi connectivity index (χ2v) is 12.3. The average molecular weight is 589 g/mol. The molecule has 2 N–H and O–H groups in total. The zero-order chi connectivity index (χ0) is 28.6. The van der Waals surface area contributed by atoms with Crippen LogP contribution in [0.2, 0.25) is 0 Å². The van der Waals surface area contributed by atoms with E-state index in [1.807, 2.05) is 0 Å². The van der Waals surface area contributed by atoms with E-state index < -0.39 is 24.4 Å². The summed E-state index contributed by atoms with van der Waals surface area (Å²) in [6, 6.07) is 0. The Morgan fingerprint density at radius 1 is 0.615 bits per heavy atom. The van der Waals surface area contributed by atoms with Gasteiger partial charge in [0, 0.05) is 12.8 Å². The highest BCUT2D eigenvalue weighted by atomic mass is 32.1. The highest BCUT2D eigenvalue weighted by Crippen LogP contribution is 2.24. The minimum Gasteiger partial charge on any atom is -0.477 e. The molecule has 0 aromatic carbocycles. The molecule has 0 aromatic heterocycles. The Labute approximate surface area is 251 Å². The Balaban J connectivity index is 2.29. The van der Waals surface area contributed by atoms with Crippen molar-refractivity contribution in [2.24, 2.45) is 0 Å². The molecule has 4 atom stereocenters. The van der Waals surface area contributed by atoms with Crippen molar-refractivity contribution in [2.75, 3.05) is 13.2 Å². The van der Waals surface area contributed by atoms with E-state index in [4.69, 9.17) is 38.6 Å². The summed E-state index contributed by atoms with van der Waals surface area (Å²) in [5.41, 5.74) is 0. The van der Waals surface area contributed by atoms with Gasteiger partial charge in [-0.2, -0.15) is 0 Å². The fourth-order valence-electron chi connectivity index (χ4n) is 5.22. The van der Waals surface area contributed by atoms with Crippen LogP contribution in [0.4, 0.5) is 0 Å². The summed E-state index contributed by atoms with van der Waals surface area (Å²) in [5, 5.41) is 21.5. The highest BCUT2D eigenvalue weighted by Gasteiger charge is 2.43. The van der Waals surface area contributed by atoms with Gasteiger partial charge >= 0.3 is 0 Å². The minimum atomic E-state index is -0.872. The van der Waals surface area contributed by atoms with Crippen molar-refractivity contribution in [3.05, 3.63) is 0 Å². The van der Waals surface area contributed by atoms with Crippen LogP contribution in [-0.2, 0) is 14.2 Å². The van der Waals surface area contributed by atoms with Crippen molar-refractivity contribution >= 4 is 34.5 Å². The lowest BCUT2D eigenvalue weighted by molar-refractivity contribution is -0.185. The molecule has 7 heteroatoms. The number of hydrogen-bond donors (Lipinski definition) is 2. The Hall–Kier alpha value is -0.340. The van der Waals surface area contributed by atoms with Gasteiger partial charge in [0.25, 0.3) is 0 Å². The van der Waals surface area contributed by atoms with Gasteiger partial charge in [0.1, 0.15) is 12.2 Å². The molecule has 0 unspecified atom stereocenters. The van der Waals surface area contributed by atoms with Crippen LogP contribution >= 0.6 is 24.4 Å². The fraction of sp³-hybridized carbons (Fsp3) is 0.938. The predicted molar refractivity (Wildman–Crippen MR) is 171 cm³/mol. The summed E-state index contributed by atoms with van der Waals surface area (Å²) in [4.78, 5) is 0. The molecule has 0 radical (unpaired) electrons. The largest absolute Gasteiger partial charge is 0.477 e. The molecule has 0 aromatic rings. The molecule has 0 spiro atoms. The molecule has 5 nitrogen and oxygen atoms in total. The quantitative estimate of drug-likeness (QED) is 0.0816. The van der Waals surface area contributed by atoms with Gasteiger partial charge in [-0.25, -0.2) is 0 Å². The van der Waals surface area contributed by atoms with Crippen molar-refractivity contribution in [1.29, 1.82) is 0 Å². The van der Waals surface area contributed by atoms with Gasteiger partial charge in [-0.15, -0.1) is 0 Å². The maximum atomic E-state index is 10.6. The summed E-state index contributed by atoms with van der Waals surface area (Å²) in [5.74, 6) is 0. The summed E-state index contributed by atoms with van der Waals surface area (Å²) in [6.45, 7) is 4.37. The number of rotatable bonds is 25. The Morgan fingerprint density at radius 2 is 0.974 bits per heavy atom. The monoisotopic (exact) mass is 588 g/mol. The molecular weight excluding hydrogens is 528 g/mol. The number of hydrogen-bond acceptors (Lipinski definition) is 7. The molecule has 39 heavy (non-hydrogen) atoms. The lowest BCUT2D eigenvalue weighted by Gasteiger charge is -2.40. The first kappa shape index (κ1) is 36.7. The number of ether oxygens (including phenoxy) is 3. The molecular formula is C32H60O5S2. The van der Waals surface area contributed by atoms with Crippen molar-refractivity contribution in [1.82, 2.24) is 0 Å². The van der Waals surface area contributed by atoms with E-state index in [2.05, 4.69) is 13.8 Å². The van der Waals surface area contributed by atoms with Crippen LogP contribution in [0, 0.1) is 0 Å². The van der Waals surface area contributed by atoms with Gasteiger partial charge in [0.2, 0.25) is 0 Å². The maximum Gasteiger partial charge on any atom is 0.167 e. The van der Waals surface area contributed by atoms with E-state index in [1.165, 1.54) is 103 Å². The molecule has 230 valence electrons. The van der Waals surface area contributed by atoms with Crippen LogP contribution in [0.3, 0.4) is 0 Å². The SMILES string of the molecule is CCCCCCCCCCCCC(=S)O[C@H]1[C@H](OC(=S)CCCCCCCCCCCC)[C@@H](CO)OC[C@@H]1O.